The van der Waals surface area contributed by atoms with E-state index >= 15 is 0 Å². The number of nitrogens with one attached hydrogen (secondary N) is 2. The van der Waals surface area contributed by atoms with E-state index in [9.17, 15) is 0 Å². The number of H-pyrrole nitrogens is 1. The highest BCUT2D eigenvalue weighted by Crippen LogP contribution is 2.29. The standard InChI is InChI=1S/C23H26N6S/c1-15-4-5-16(2)19(12-15)26-23-27-21(14-30-23)22-24-18-7-6-17(13-20(18)25-22)29-10-8-28(3)9-11-29/h4-7,12-14H,8-11H2,1-3H3,(H,24,25)(H,26,27). The van der Waals surface area contributed by atoms with Crippen LogP contribution in [0.4, 0.5) is 16.5 Å². The third-order valence-electron chi connectivity index (χ3n) is 5.72. The Morgan fingerprint density at radius 2 is 1.83 bits per heavy atom. The number of benzene rings is 2. The number of piperazine rings is 1. The molecule has 154 valence electrons. The lowest BCUT2D eigenvalue weighted by atomic mass is 10.1. The minimum Gasteiger partial charge on any atom is -0.369 e. The zero-order valence-electron chi connectivity index (χ0n) is 17.6. The Balaban J connectivity index is 1.38. The van der Waals surface area contributed by atoms with E-state index in [0.717, 1.165) is 59.5 Å². The van der Waals surface area contributed by atoms with Crippen molar-refractivity contribution in [3.63, 3.8) is 0 Å². The molecule has 0 aliphatic carbocycles. The summed E-state index contributed by atoms with van der Waals surface area (Å²) in [5.41, 5.74) is 7.67. The second-order valence-electron chi connectivity index (χ2n) is 8.06. The fourth-order valence-electron chi connectivity index (χ4n) is 3.81. The lowest BCUT2D eigenvalue weighted by molar-refractivity contribution is 0.313. The van der Waals surface area contributed by atoms with Gasteiger partial charge < -0.3 is 20.1 Å². The van der Waals surface area contributed by atoms with Crippen molar-refractivity contribution in [1.29, 1.82) is 0 Å². The van der Waals surface area contributed by atoms with E-state index in [1.807, 2.05) is 5.38 Å². The van der Waals surface area contributed by atoms with Gasteiger partial charge in [0.1, 0.15) is 5.69 Å². The van der Waals surface area contributed by atoms with Crippen LogP contribution in [0.5, 0.6) is 0 Å². The number of aromatic nitrogens is 3. The molecule has 6 nitrogen and oxygen atoms in total. The van der Waals surface area contributed by atoms with E-state index in [4.69, 9.17) is 9.97 Å². The molecule has 1 aliphatic heterocycles. The molecule has 0 radical (unpaired) electrons. The van der Waals surface area contributed by atoms with Gasteiger partial charge in [0, 0.05) is 42.9 Å². The molecule has 2 N–H and O–H groups in total. The summed E-state index contributed by atoms with van der Waals surface area (Å²) in [6.07, 6.45) is 0. The number of nitrogens with zero attached hydrogens (tertiary/aromatic N) is 4. The van der Waals surface area contributed by atoms with Gasteiger partial charge in [0.05, 0.1) is 11.0 Å². The van der Waals surface area contributed by atoms with E-state index in [0.29, 0.717) is 0 Å². The Labute approximate surface area is 180 Å². The van der Waals surface area contributed by atoms with Gasteiger partial charge in [-0.15, -0.1) is 11.3 Å². The highest BCUT2D eigenvalue weighted by molar-refractivity contribution is 7.14. The molecule has 0 spiro atoms. The van der Waals surface area contributed by atoms with Crippen molar-refractivity contribution in [3.05, 3.63) is 52.9 Å². The van der Waals surface area contributed by atoms with Crippen LogP contribution in [0.15, 0.2) is 41.8 Å². The molecule has 3 heterocycles. The molecule has 1 fully saturated rings. The van der Waals surface area contributed by atoms with Gasteiger partial charge in [-0.2, -0.15) is 0 Å². The molecule has 30 heavy (non-hydrogen) atoms. The fourth-order valence-corrected chi connectivity index (χ4v) is 4.51. The van der Waals surface area contributed by atoms with E-state index < -0.39 is 0 Å². The van der Waals surface area contributed by atoms with Crippen LogP contribution in [0.2, 0.25) is 0 Å². The quantitative estimate of drug-likeness (QED) is 0.499. The van der Waals surface area contributed by atoms with Gasteiger partial charge >= 0.3 is 0 Å². The maximum absolute atomic E-state index is 4.77. The van der Waals surface area contributed by atoms with Crippen molar-refractivity contribution in [2.24, 2.45) is 0 Å². The smallest absolute Gasteiger partial charge is 0.187 e. The molecule has 0 amide bonds. The molecule has 0 atom stereocenters. The predicted molar refractivity (Wildman–Crippen MR) is 126 cm³/mol. The van der Waals surface area contributed by atoms with Crippen molar-refractivity contribution < 1.29 is 0 Å². The van der Waals surface area contributed by atoms with Gasteiger partial charge in [-0.25, -0.2) is 9.97 Å². The van der Waals surface area contributed by atoms with E-state index in [1.165, 1.54) is 16.8 Å². The number of hydrogen-bond acceptors (Lipinski definition) is 6. The van der Waals surface area contributed by atoms with Gasteiger partial charge in [-0.05, 0) is 56.3 Å². The Hall–Kier alpha value is -2.90. The first-order valence-electron chi connectivity index (χ1n) is 10.3. The first kappa shape index (κ1) is 19.1. The molecule has 0 bridgehead atoms. The van der Waals surface area contributed by atoms with E-state index in [1.54, 1.807) is 11.3 Å². The van der Waals surface area contributed by atoms with Crippen molar-refractivity contribution in [2.75, 3.05) is 43.4 Å². The molecule has 2 aromatic heterocycles. The van der Waals surface area contributed by atoms with Crippen LogP contribution in [-0.2, 0) is 0 Å². The van der Waals surface area contributed by atoms with Crippen LogP contribution >= 0.6 is 11.3 Å². The summed E-state index contributed by atoms with van der Waals surface area (Å²) in [7, 11) is 2.18. The summed E-state index contributed by atoms with van der Waals surface area (Å²) in [5.74, 6) is 0.811. The Bertz CT molecular complexity index is 1190. The van der Waals surface area contributed by atoms with Gasteiger partial charge in [0.25, 0.3) is 0 Å². The highest BCUT2D eigenvalue weighted by Gasteiger charge is 2.16. The van der Waals surface area contributed by atoms with Crippen LogP contribution in [0.1, 0.15) is 11.1 Å². The molecular weight excluding hydrogens is 392 g/mol. The Kier molecular flexibility index (Phi) is 4.92. The number of likely N-dealkylation sites (N-methyl/N-ethyl adjacent to an activating group) is 1. The van der Waals surface area contributed by atoms with Gasteiger partial charge in [0.2, 0.25) is 0 Å². The predicted octanol–water partition coefficient (Wildman–Crippen LogP) is 4.80. The maximum atomic E-state index is 4.77. The Morgan fingerprint density at radius 3 is 2.67 bits per heavy atom. The lowest BCUT2D eigenvalue weighted by Crippen LogP contribution is -2.44. The minimum atomic E-state index is 0.811. The first-order chi connectivity index (χ1) is 14.5. The maximum Gasteiger partial charge on any atom is 0.187 e. The average molecular weight is 419 g/mol. The lowest BCUT2D eigenvalue weighted by Gasteiger charge is -2.34. The summed E-state index contributed by atoms with van der Waals surface area (Å²) >= 11 is 1.59. The summed E-state index contributed by atoms with van der Waals surface area (Å²) in [6, 6.07) is 12.9. The van der Waals surface area contributed by atoms with Crippen molar-refractivity contribution >= 4 is 38.9 Å². The normalized spacial score (nSPS) is 15.1. The number of aryl methyl sites for hydroxylation is 2. The SMILES string of the molecule is Cc1ccc(C)c(Nc2nc(-c3nc4ccc(N5CCN(C)CC5)cc4[nH]3)cs2)c1. The van der Waals surface area contributed by atoms with Crippen molar-refractivity contribution in [3.8, 4) is 11.5 Å². The van der Waals surface area contributed by atoms with Crippen molar-refractivity contribution in [2.45, 2.75) is 13.8 Å². The van der Waals surface area contributed by atoms with E-state index in [-0.39, 0.29) is 0 Å². The summed E-state index contributed by atoms with van der Waals surface area (Å²) in [4.78, 5) is 17.8. The zero-order valence-corrected chi connectivity index (χ0v) is 18.4. The zero-order chi connectivity index (χ0) is 20.7. The number of rotatable bonds is 4. The van der Waals surface area contributed by atoms with Gasteiger partial charge in [-0.3, -0.25) is 0 Å². The molecule has 0 unspecified atom stereocenters. The van der Waals surface area contributed by atoms with Crippen LogP contribution in [-0.4, -0.2) is 53.1 Å². The molecule has 2 aromatic carbocycles. The topological polar surface area (TPSA) is 60.1 Å². The molecule has 0 saturated carbocycles. The Morgan fingerprint density at radius 1 is 1.00 bits per heavy atom. The average Bonchev–Trinajstić information content (AvgIpc) is 3.37. The molecular formula is C23H26N6S. The molecule has 4 aromatic rings. The number of hydrogen-bond donors (Lipinski definition) is 2. The van der Waals surface area contributed by atoms with Crippen LogP contribution in [0.3, 0.4) is 0 Å². The van der Waals surface area contributed by atoms with Crippen molar-refractivity contribution in [1.82, 2.24) is 19.9 Å². The molecule has 1 aliphatic rings. The second kappa shape index (κ2) is 7.74. The number of imidazole rings is 1. The fraction of sp³-hybridized carbons (Fsp3) is 0.304. The minimum absolute atomic E-state index is 0.811. The molecule has 7 heteroatoms. The summed E-state index contributed by atoms with van der Waals surface area (Å²) in [6.45, 7) is 8.52. The van der Waals surface area contributed by atoms with Crippen LogP contribution in [0.25, 0.3) is 22.6 Å². The van der Waals surface area contributed by atoms with E-state index in [2.05, 4.69) is 77.4 Å². The number of anilines is 3. The molecule has 1 saturated heterocycles. The third kappa shape index (κ3) is 3.78. The van der Waals surface area contributed by atoms with Crippen LogP contribution < -0.4 is 10.2 Å². The van der Waals surface area contributed by atoms with Gasteiger partial charge in [0.15, 0.2) is 11.0 Å². The summed E-state index contributed by atoms with van der Waals surface area (Å²) < 4.78 is 0. The first-order valence-corrected chi connectivity index (χ1v) is 11.2. The second-order valence-corrected chi connectivity index (χ2v) is 8.92. The number of aromatic amines is 1. The number of thiazole rings is 1. The third-order valence-corrected chi connectivity index (χ3v) is 6.47. The number of fused-ring (bicyclic) bond motifs is 1. The van der Waals surface area contributed by atoms with Crippen LogP contribution in [0, 0.1) is 13.8 Å². The largest absolute Gasteiger partial charge is 0.369 e. The summed E-state index contributed by atoms with van der Waals surface area (Å²) in [5, 5.41) is 6.37. The molecule has 5 rings (SSSR count). The van der Waals surface area contributed by atoms with Gasteiger partial charge in [-0.1, -0.05) is 12.1 Å². The monoisotopic (exact) mass is 418 g/mol. The highest BCUT2D eigenvalue weighted by atomic mass is 32.1.